The maximum atomic E-state index is 13.6. The van der Waals surface area contributed by atoms with Crippen molar-refractivity contribution in [3.8, 4) is 5.75 Å². The van der Waals surface area contributed by atoms with Crippen LogP contribution in [0.1, 0.15) is 33.9 Å². The molecule has 0 aliphatic carbocycles. The topological polar surface area (TPSA) is 178 Å². The summed E-state index contributed by atoms with van der Waals surface area (Å²) in [4.78, 5) is 38.5. The first-order valence-corrected chi connectivity index (χ1v) is 13.9. The highest BCUT2D eigenvalue weighted by Crippen LogP contribution is 2.46. The highest BCUT2D eigenvalue weighted by molar-refractivity contribution is 14.1. The molecule has 1 aliphatic heterocycles. The summed E-state index contributed by atoms with van der Waals surface area (Å²) in [6.07, 6.45) is -3.50. The third kappa shape index (κ3) is 7.07. The predicted molar refractivity (Wildman–Crippen MR) is 139 cm³/mol. The molecule has 204 valence electrons. The number of aliphatic hydroxyl groups excluding tert-OH is 1. The number of nitrogens with one attached hydrogen (secondary N) is 2. The van der Waals surface area contributed by atoms with Gasteiger partial charge in [-0.05, 0) is 62.4 Å². The summed E-state index contributed by atoms with van der Waals surface area (Å²) < 4.78 is 36.7. The van der Waals surface area contributed by atoms with E-state index in [2.05, 4.69) is 10.1 Å². The van der Waals surface area contributed by atoms with Gasteiger partial charge in [-0.3, -0.25) is 23.7 Å². The smallest absolute Gasteiger partial charge is 0.459 e. The number of hydrogen-bond donors (Lipinski definition) is 4. The number of aliphatic hydroxyl groups is 2. The van der Waals surface area contributed by atoms with Crippen LogP contribution in [0.3, 0.4) is 0 Å². The number of nitrogens with zero attached hydrogens (tertiary/aromatic N) is 1. The molecule has 4 N–H and O–H groups in total. The lowest BCUT2D eigenvalue weighted by molar-refractivity contribution is -0.149. The summed E-state index contributed by atoms with van der Waals surface area (Å²) in [7, 11) is -4.27. The molecule has 1 aromatic carbocycles. The Morgan fingerprint density at radius 2 is 1.95 bits per heavy atom. The number of aromatic amines is 1. The number of rotatable bonds is 10. The molecule has 1 aromatic heterocycles. The Labute approximate surface area is 225 Å². The van der Waals surface area contributed by atoms with Gasteiger partial charge in [0.25, 0.3) is 5.56 Å². The summed E-state index contributed by atoms with van der Waals surface area (Å²) >= 11 is 1.71. The number of H-pyrrole nitrogens is 1. The summed E-state index contributed by atoms with van der Waals surface area (Å²) in [6, 6.07) is 6.97. The molecule has 13 nitrogen and oxygen atoms in total. The van der Waals surface area contributed by atoms with Crippen LogP contribution in [-0.2, 0) is 23.4 Å². The minimum Gasteiger partial charge on any atom is -0.462 e. The van der Waals surface area contributed by atoms with Gasteiger partial charge in [-0.15, -0.1) is 0 Å². The minimum absolute atomic E-state index is 0.151. The van der Waals surface area contributed by atoms with E-state index in [0.29, 0.717) is 0 Å². The molecule has 15 heteroatoms. The summed E-state index contributed by atoms with van der Waals surface area (Å²) in [6.45, 7) is 5.43. The third-order valence-corrected chi connectivity index (χ3v) is 7.78. The number of esters is 1. The van der Waals surface area contributed by atoms with E-state index in [1.807, 2.05) is 0 Å². The van der Waals surface area contributed by atoms with Gasteiger partial charge in [0, 0.05) is 6.20 Å². The highest BCUT2D eigenvalue weighted by Gasteiger charge is 2.54. The summed E-state index contributed by atoms with van der Waals surface area (Å²) in [5.41, 5.74) is -3.47. The maximum Gasteiger partial charge on any atom is 0.459 e. The molecule has 2 unspecified atom stereocenters. The van der Waals surface area contributed by atoms with E-state index >= 15 is 0 Å². The zero-order valence-corrected chi connectivity index (χ0v) is 23.5. The summed E-state index contributed by atoms with van der Waals surface area (Å²) in [5, 5.41) is 24.2. The molecule has 1 fully saturated rings. The van der Waals surface area contributed by atoms with E-state index in [1.165, 1.54) is 32.2 Å². The van der Waals surface area contributed by atoms with Crippen molar-refractivity contribution >= 4 is 36.3 Å². The van der Waals surface area contributed by atoms with E-state index in [4.69, 9.17) is 18.5 Å². The number of carbonyl (C=O) groups is 1. The summed E-state index contributed by atoms with van der Waals surface area (Å²) in [5.74, 6) is -0.516. The Bertz CT molecular complexity index is 1270. The van der Waals surface area contributed by atoms with Crippen molar-refractivity contribution in [3.05, 3.63) is 60.9 Å². The average Bonchev–Trinajstić information content (AvgIpc) is 3.03. The lowest BCUT2D eigenvalue weighted by Gasteiger charge is -2.27. The third-order valence-electron chi connectivity index (χ3n) is 5.37. The first-order valence-electron chi connectivity index (χ1n) is 11.3. The van der Waals surface area contributed by atoms with Crippen LogP contribution in [-0.4, -0.2) is 62.3 Å². The number of halogens is 1. The number of benzene rings is 1. The Morgan fingerprint density at radius 1 is 1.30 bits per heavy atom. The first kappa shape index (κ1) is 29.5. The lowest BCUT2D eigenvalue weighted by Crippen LogP contribution is -2.47. The monoisotopic (exact) mass is 653 g/mol. The maximum absolute atomic E-state index is 13.6. The van der Waals surface area contributed by atoms with E-state index in [-0.39, 0.29) is 9.32 Å². The Kier molecular flexibility index (Phi) is 9.37. The molecular weight excluding hydrogens is 624 g/mol. The van der Waals surface area contributed by atoms with Crippen molar-refractivity contribution in [1.29, 1.82) is 0 Å². The van der Waals surface area contributed by atoms with Crippen LogP contribution in [0.4, 0.5) is 0 Å². The van der Waals surface area contributed by atoms with Gasteiger partial charge in [-0.2, -0.15) is 5.09 Å². The second-order valence-corrected chi connectivity index (χ2v) is 11.7. The fourth-order valence-electron chi connectivity index (χ4n) is 3.52. The number of carbonyl (C=O) groups excluding carboxylic acids is 1. The fraction of sp³-hybridized carbons (Fsp3) is 0.500. The van der Waals surface area contributed by atoms with Gasteiger partial charge in [-0.1, -0.05) is 18.2 Å². The SMILES string of the molecule is CC(C)OC(=O)[C@@H](C)NP(=O)(OC[C@H]1OC(n2cc(I)c(=O)[nH]c2=O)[C@](C)(O)[C@@H]1O)Oc1ccccc1. The van der Waals surface area contributed by atoms with Gasteiger partial charge in [0.15, 0.2) is 6.23 Å². The van der Waals surface area contributed by atoms with E-state index < -0.39 is 67.8 Å². The lowest BCUT2D eigenvalue weighted by atomic mass is 9.96. The molecule has 1 aliphatic rings. The second-order valence-electron chi connectivity index (χ2n) is 8.88. The van der Waals surface area contributed by atoms with Crippen LogP contribution >= 0.6 is 30.3 Å². The molecule has 2 heterocycles. The number of hydrogen-bond acceptors (Lipinski definition) is 10. The largest absolute Gasteiger partial charge is 0.462 e. The van der Waals surface area contributed by atoms with Crippen molar-refractivity contribution in [2.24, 2.45) is 0 Å². The van der Waals surface area contributed by atoms with Gasteiger partial charge in [0.05, 0.1) is 16.3 Å². The van der Waals surface area contributed by atoms with Crippen molar-refractivity contribution in [3.63, 3.8) is 0 Å². The van der Waals surface area contributed by atoms with Crippen molar-refractivity contribution in [2.75, 3.05) is 6.61 Å². The highest BCUT2D eigenvalue weighted by atomic mass is 127. The van der Waals surface area contributed by atoms with Gasteiger partial charge in [-0.25, -0.2) is 9.36 Å². The van der Waals surface area contributed by atoms with Crippen molar-refractivity contribution in [2.45, 2.75) is 63.9 Å². The van der Waals surface area contributed by atoms with Crippen LogP contribution in [0.25, 0.3) is 0 Å². The average molecular weight is 653 g/mol. The molecule has 0 radical (unpaired) electrons. The van der Waals surface area contributed by atoms with Gasteiger partial charge >= 0.3 is 19.4 Å². The molecule has 1 saturated heterocycles. The quantitative estimate of drug-likeness (QED) is 0.165. The predicted octanol–water partition coefficient (Wildman–Crippen LogP) is 1.28. The molecule has 37 heavy (non-hydrogen) atoms. The molecule has 6 atom stereocenters. The van der Waals surface area contributed by atoms with Gasteiger partial charge in [0.2, 0.25) is 0 Å². The molecule has 0 spiro atoms. The molecule has 0 saturated carbocycles. The van der Waals surface area contributed by atoms with Crippen molar-refractivity contribution < 1.29 is 38.1 Å². The zero-order chi connectivity index (χ0) is 27.5. The fourth-order valence-corrected chi connectivity index (χ4v) is 5.46. The normalized spacial score (nSPS) is 26.0. The van der Waals surface area contributed by atoms with E-state index in [9.17, 15) is 29.2 Å². The molecule has 2 aromatic rings. The molecule has 0 bridgehead atoms. The van der Waals surface area contributed by atoms with Crippen molar-refractivity contribution in [1.82, 2.24) is 14.6 Å². The number of aromatic nitrogens is 2. The van der Waals surface area contributed by atoms with Crippen LogP contribution < -0.4 is 20.9 Å². The Morgan fingerprint density at radius 3 is 2.57 bits per heavy atom. The molecular formula is C22H29IN3O10P. The van der Waals surface area contributed by atoms with Gasteiger partial charge in [0.1, 0.15) is 29.6 Å². The zero-order valence-electron chi connectivity index (χ0n) is 20.5. The standard InChI is InChI=1S/C22H29IN3O10P/c1-12(2)34-19(29)13(3)25-37(32,36-14-8-6-5-7-9-14)33-11-16-17(27)22(4,31)20(35-16)26-10-15(23)18(28)24-21(26)30/h5-10,12-13,16-17,20,27,31H,11H2,1-4H3,(H,25,32)(H,24,28,30)/t13-,16-,17-,20?,22-,37?/m1/s1. The van der Waals surface area contributed by atoms with Gasteiger partial charge < -0.3 is 24.2 Å². The second kappa shape index (κ2) is 11.8. The van der Waals surface area contributed by atoms with Crippen LogP contribution in [0.5, 0.6) is 5.75 Å². The minimum atomic E-state index is -4.27. The van der Waals surface area contributed by atoms with Crippen LogP contribution in [0.2, 0.25) is 0 Å². The molecule has 0 amide bonds. The van der Waals surface area contributed by atoms with E-state index in [1.54, 1.807) is 54.6 Å². The van der Waals surface area contributed by atoms with E-state index in [0.717, 1.165) is 4.57 Å². The molecule has 3 rings (SSSR count). The number of ether oxygens (including phenoxy) is 2. The Balaban J connectivity index is 1.82. The first-order chi connectivity index (χ1) is 17.2. The Hall–Kier alpha value is -2.07. The van der Waals surface area contributed by atoms with Crippen LogP contribution in [0, 0.1) is 3.57 Å². The number of para-hydroxylation sites is 1. The van der Waals surface area contributed by atoms with Crippen LogP contribution in [0.15, 0.2) is 46.1 Å².